The molecule has 2 aromatic carbocycles. The number of halogens is 5. The molecule has 0 saturated carbocycles. The fraction of sp³-hybridized carbons (Fsp3) is 0.462. The van der Waals surface area contributed by atoms with Crippen LogP contribution in [0.3, 0.4) is 0 Å². The van der Waals surface area contributed by atoms with Crippen LogP contribution in [0.4, 0.5) is 18.9 Å². The summed E-state index contributed by atoms with van der Waals surface area (Å²) < 4.78 is 46.3. The molecule has 2 atom stereocenters. The van der Waals surface area contributed by atoms with Gasteiger partial charge in [-0.3, -0.25) is 9.59 Å². The number of rotatable bonds is 7. The Hall–Kier alpha value is -2.25. The van der Waals surface area contributed by atoms with Crippen molar-refractivity contribution in [2.75, 3.05) is 5.32 Å². The van der Waals surface area contributed by atoms with E-state index in [0.29, 0.717) is 10.6 Å². The number of benzene rings is 2. The third kappa shape index (κ3) is 8.14. The summed E-state index contributed by atoms with van der Waals surface area (Å²) >= 11 is 12.1. The summed E-state index contributed by atoms with van der Waals surface area (Å²) in [5.74, 6) is -4.74. The quantitative estimate of drug-likeness (QED) is 0.370. The van der Waals surface area contributed by atoms with Gasteiger partial charge < -0.3 is 10.1 Å². The molecule has 0 spiro atoms. The molecule has 35 heavy (non-hydrogen) atoms. The van der Waals surface area contributed by atoms with Gasteiger partial charge in [0.25, 0.3) is 0 Å². The Morgan fingerprint density at radius 1 is 0.971 bits per heavy atom. The van der Waals surface area contributed by atoms with Crippen molar-refractivity contribution in [2.24, 2.45) is 11.3 Å². The molecule has 0 bridgehead atoms. The molecule has 192 valence electrons. The van der Waals surface area contributed by atoms with Gasteiger partial charge in [-0.15, -0.1) is 0 Å². The number of ether oxygens (including phenoxy) is 1. The highest BCUT2D eigenvalue weighted by atomic mass is 35.5. The number of esters is 1. The van der Waals surface area contributed by atoms with Gasteiger partial charge in [0.1, 0.15) is 5.60 Å². The maximum atomic E-state index is 13.6. The SMILES string of the molecule is CC(C(C(=O)Nc1cc(CC(C)(C)C(=O)OC(C)(C)C)ccc1Cl)c1ccc(Cl)cc1)C(F)(F)F. The van der Waals surface area contributed by atoms with Crippen molar-refractivity contribution < 1.29 is 27.5 Å². The first-order chi connectivity index (χ1) is 15.9. The molecule has 0 radical (unpaired) electrons. The highest BCUT2D eigenvalue weighted by Crippen LogP contribution is 2.39. The van der Waals surface area contributed by atoms with Crippen LogP contribution in [-0.4, -0.2) is 23.7 Å². The summed E-state index contributed by atoms with van der Waals surface area (Å²) in [4.78, 5) is 25.7. The van der Waals surface area contributed by atoms with E-state index >= 15 is 0 Å². The first kappa shape index (κ1) is 29.0. The van der Waals surface area contributed by atoms with Gasteiger partial charge in [0.15, 0.2) is 0 Å². The van der Waals surface area contributed by atoms with E-state index in [-0.39, 0.29) is 22.7 Å². The Morgan fingerprint density at radius 2 is 1.54 bits per heavy atom. The highest BCUT2D eigenvalue weighted by molar-refractivity contribution is 6.33. The van der Waals surface area contributed by atoms with Crippen molar-refractivity contribution in [3.05, 3.63) is 63.6 Å². The van der Waals surface area contributed by atoms with Crippen LogP contribution in [0.5, 0.6) is 0 Å². The molecule has 0 saturated heterocycles. The second-order valence-electron chi connectivity index (χ2n) is 10.2. The van der Waals surface area contributed by atoms with E-state index < -0.39 is 40.9 Å². The van der Waals surface area contributed by atoms with Crippen LogP contribution in [0, 0.1) is 11.3 Å². The van der Waals surface area contributed by atoms with Crippen LogP contribution < -0.4 is 5.32 Å². The second kappa shape index (κ2) is 10.8. The summed E-state index contributed by atoms with van der Waals surface area (Å²) in [6.45, 7) is 9.74. The predicted molar refractivity (Wildman–Crippen MR) is 133 cm³/mol. The van der Waals surface area contributed by atoms with E-state index in [1.165, 1.54) is 30.3 Å². The smallest absolute Gasteiger partial charge is 0.392 e. The normalized spacial score (nSPS) is 14.3. The lowest BCUT2D eigenvalue weighted by Crippen LogP contribution is -2.35. The van der Waals surface area contributed by atoms with Crippen LogP contribution in [0.25, 0.3) is 0 Å². The van der Waals surface area contributed by atoms with Gasteiger partial charge in [0.2, 0.25) is 5.91 Å². The van der Waals surface area contributed by atoms with Gasteiger partial charge in [0.05, 0.1) is 28.0 Å². The Balaban J connectivity index is 2.33. The predicted octanol–water partition coefficient (Wildman–Crippen LogP) is 7.82. The van der Waals surface area contributed by atoms with E-state index in [1.807, 2.05) is 0 Å². The lowest BCUT2D eigenvalue weighted by molar-refractivity contribution is -0.178. The Morgan fingerprint density at radius 3 is 2.06 bits per heavy atom. The van der Waals surface area contributed by atoms with E-state index in [1.54, 1.807) is 46.8 Å². The number of carbonyl (C=O) groups excluding carboxylic acids is 2. The first-order valence-electron chi connectivity index (χ1n) is 11.1. The molecule has 0 heterocycles. The Labute approximate surface area is 214 Å². The molecule has 0 fully saturated rings. The molecule has 0 aliphatic rings. The van der Waals surface area contributed by atoms with Crippen molar-refractivity contribution in [2.45, 2.75) is 65.7 Å². The monoisotopic (exact) mass is 531 g/mol. The summed E-state index contributed by atoms with van der Waals surface area (Å²) in [6.07, 6.45) is -4.34. The summed E-state index contributed by atoms with van der Waals surface area (Å²) in [6, 6.07) is 10.5. The van der Waals surface area contributed by atoms with Crippen LogP contribution in [0.2, 0.25) is 10.0 Å². The largest absolute Gasteiger partial charge is 0.460 e. The zero-order valence-electron chi connectivity index (χ0n) is 20.5. The minimum absolute atomic E-state index is 0.155. The fourth-order valence-electron chi connectivity index (χ4n) is 3.51. The molecule has 2 aromatic rings. The minimum Gasteiger partial charge on any atom is -0.460 e. The van der Waals surface area contributed by atoms with Crippen molar-refractivity contribution in [1.29, 1.82) is 0 Å². The van der Waals surface area contributed by atoms with Crippen LogP contribution in [-0.2, 0) is 20.7 Å². The summed E-state index contributed by atoms with van der Waals surface area (Å²) in [7, 11) is 0. The summed E-state index contributed by atoms with van der Waals surface area (Å²) in [5.41, 5.74) is -0.553. The van der Waals surface area contributed by atoms with Crippen molar-refractivity contribution in [1.82, 2.24) is 0 Å². The average molecular weight is 532 g/mol. The Bertz CT molecular complexity index is 1060. The number of nitrogens with one attached hydrogen (secondary N) is 1. The standard InChI is InChI=1S/C26H30Cl2F3NO3/c1-15(26(29,30)31)21(17-8-10-18(27)11-9-17)22(33)32-20-13-16(7-12-19(20)28)14-25(5,6)23(34)35-24(2,3)4/h7-13,15,21H,14H2,1-6H3,(H,32,33). The molecule has 1 amide bonds. The van der Waals surface area contributed by atoms with Crippen molar-refractivity contribution in [3.63, 3.8) is 0 Å². The van der Waals surface area contributed by atoms with Gasteiger partial charge in [-0.1, -0.05) is 48.3 Å². The number of carbonyl (C=O) groups is 2. The molecule has 2 rings (SSSR count). The maximum Gasteiger partial charge on any atom is 0.392 e. The lowest BCUT2D eigenvalue weighted by atomic mass is 9.85. The molecule has 2 unspecified atom stereocenters. The average Bonchev–Trinajstić information content (AvgIpc) is 2.70. The zero-order valence-corrected chi connectivity index (χ0v) is 22.0. The van der Waals surface area contributed by atoms with Gasteiger partial charge >= 0.3 is 12.1 Å². The molecule has 0 aromatic heterocycles. The number of hydrogen-bond donors (Lipinski definition) is 1. The van der Waals surface area contributed by atoms with E-state index in [0.717, 1.165) is 6.92 Å². The lowest BCUT2D eigenvalue weighted by Gasteiger charge is -2.29. The molecule has 0 aliphatic heterocycles. The maximum absolute atomic E-state index is 13.6. The molecule has 4 nitrogen and oxygen atoms in total. The third-order valence-electron chi connectivity index (χ3n) is 5.41. The topological polar surface area (TPSA) is 55.4 Å². The van der Waals surface area contributed by atoms with Gasteiger partial charge in [0, 0.05) is 5.02 Å². The molecule has 0 aliphatic carbocycles. The van der Waals surface area contributed by atoms with Crippen LogP contribution in [0.1, 0.15) is 58.6 Å². The van der Waals surface area contributed by atoms with Crippen LogP contribution in [0.15, 0.2) is 42.5 Å². The Kier molecular flexibility index (Phi) is 8.93. The second-order valence-corrected chi connectivity index (χ2v) is 11.1. The minimum atomic E-state index is -4.61. The highest BCUT2D eigenvalue weighted by Gasteiger charge is 2.45. The summed E-state index contributed by atoms with van der Waals surface area (Å²) in [5, 5.41) is 3.05. The number of amides is 1. The molecule has 1 N–H and O–H groups in total. The number of alkyl halides is 3. The third-order valence-corrected chi connectivity index (χ3v) is 6.00. The van der Waals surface area contributed by atoms with Gasteiger partial charge in [-0.2, -0.15) is 13.2 Å². The van der Waals surface area contributed by atoms with Crippen molar-refractivity contribution >= 4 is 40.8 Å². The molecular formula is C26H30Cl2F3NO3. The molecular weight excluding hydrogens is 502 g/mol. The van der Waals surface area contributed by atoms with E-state index in [2.05, 4.69) is 5.32 Å². The van der Waals surface area contributed by atoms with Gasteiger partial charge in [-0.25, -0.2) is 0 Å². The van der Waals surface area contributed by atoms with Gasteiger partial charge in [-0.05, 0) is 76.4 Å². The number of hydrogen-bond acceptors (Lipinski definition) is 3. The zero-order chi connectivity index (χ0) is 26.8. The van der Waals surface area contributed by atoms with Crippen LogP contribution >= 0.6 is 23.2 Å². The van der Waals surface area contributed by atoms with E-state index in [4.69, 9.17) is 27.9 Å². The van der Waals surface area contributed by atoms with Crippen molar-refractivity contribution in [3.8, 4) is 0 Å². The van der Waals surface area contributed by atoms with E-state index in [9.17, 15) is 22.8 Å². The fourth-order valence-corrected chi connectivity index (χ4v) is 3.80. The first-order valence-corrected chi connectivity index (χ1v) is 11.8. The number of anilines is 1. The molecule has 9 heteroatoms.